The fourth-order valence-electron chi connectivity index (χ4n) is 0.536. The number of hydrogen-bond acceptors (Lipinski definition) is 8. The number of anilines is 1. The van der Waals surface area contributed by atoms with Crippen LogP contribution in [0.2, 0.25) is 0 Å². The fourth-order valence-corrected chi connectivity index (χ4v) is 0.837. The van der Waals surface area contributed by atoms with Crippen molar-refractivity contribution in [1.29, 1.82) is 0 Å². The van der Waals surface area contributed by atoms with Crippen LogP contribution < -0.4 is 10.7 Å². The molecule has 0 radical (unpaired) electrons. The van der Waals surface area contributed by atoms with Gasteiger partial charge in [-0.15, -0.1) is 18.2 Å². The molecule has 1 aromatic heterocycles. The zero-order valence-electron chi connectivity index (χ0n) is 9.36. The second-order valence-corrected chi connectivity index (χ2v) is 4.74. The van der Waals surface area contributed by atoms with Crippen LogP contribution in [0.5, 0.6) is 0 Å². The van der Waals surface area contributed by atoms with E-state index in [0.717, 1.165) is 0 Å². The Labute approximate surface area is 143 Å². The minimum absolute atomic E-state index is 0.0535. The standard InChI is InChI=1S/C5H5N3S2.CH2N4S2.Mo.2O/c9-5(10)8-4-3-6-1-2-7-4;2-4-5-3-1(6)7;;;/h1-3H,(H2,7,8,9,10);(H2,3,6,7);;;/p-1. The van der Waals surface area contributed by atoms with Gasteiger partial charge in [0, 0.05) is 16.7 Å². The molecule has 0 bridgehead atoms. The normalized spacial score (nSPS) is 7.25. The number of rotatable bonds is 2. The molecule has 0 aromatic carbocycles. The van der Waals surface area contributed by atoms with E-state index in [2.05, 4.69) is 75.1 Å². The van der Waals surface area contributed by atoms with Crippen LogP contribution in [0, 0.1) is 0 Å². The van der Waals surface area contributed by atoms with Gasteiger partial charge in [-0.05, 0) is 5.22 Å². The maximum absolute atomic E-state index is 8.50. The molecule has 0 saturated carbocycles. The van der Waals surface area contributed by atoms with Gasteiger partial charge in [-0.2, -0.15) is 4.91 Å². The first-order valence-electron chi connectivity index (χ1n) is 4.16. The van der Waals surface area contributed by atoms with Gasteiger partial charge in [-0.1, -0.05) is 12.2 Å². The molecule has 0 aliphatic rings. The molecule has 0 aliphatic heterocycles. The molecule has 108 valence electrons. The zero-order chi connectivity index (χ0) is 15.8. The fraction of sp³-hybridized carbons (Fsp3) is 0. The van der Waals surface area contributed by atoms with E-state index >= 15 is 0 Å². The van der Waals surface area contributed by atoms with E-state index in [1.807, 2.05) is 5.43 Å². The van der Waals surface area contributed by atoms with Gasteiger partial charge in [0.15, 0.2) is 0 Å². The third-order valence-corrected chi connectivity index (χ3v) is 1.38. The van der Waals surface area contributed by atoms with Gasteiger partial charge in [-0.25, -0.2) is 10.4 Å². The summed E-state index contributed by atoms with van der Waals surface area (Å²) in [5.41, 5.74) is 9.65. The summed E-state index contributed by atoms with van der Waals surface area (Å²) >= 11 is 15.1. The monoisotopic (exact) mass is 434 g/mol. The van der Waals surface area contributed by atoms with Crippen LogP contribution in [0.4, 0.5) is 5.82 Å². The summed E-state index contributed by atoms with van der Waals surface area (Å²) in [6, 6.07) is 0. The van der Waals surface area contributed by atoms with E-state index in [-0.39, 0.29) is 4.32 Å². The zero-order valence-corrected chi connectivity index (χ0v) is 14.7. The summed E-state index contributed by atoms with van der Waals surface area (Å²) in [6.45, 7) is 0. The van der Waals surface area contributed by atoms with Crippen molar-refractivity contribution in [2.45, 2.75) is 0 Å². The Morgan fingerprint density at radius 3 is 2.40 bits per heavy atom. The van der Waals surface area contributed by atoms with Gasteiger partial charge in [0.25, 0.3) is 0 Å². The molecule has 0 spiro atoms. The predicted octanol–water partition coefficient (Wildman–Crippen LogP) is 1.50. The van der Waals surface area contributed by atoms with Crippen LogP contribution in [0.25, 0.3) is 10.4 Å². The molecular formula is C6H6MoN7O2S4-. The third-order valence-electron chi connectivity index (χ3n) is 0.984. The van der Waals surface area contributed by atoms with Crippen LogP contribution in [0.15, 0.2) is 23.8 Å². The van der Waals surface area contributed by atoms with Gasteiger partial charge >= 0.3 is 25.3 Å². The first-order chi connectivity index (χ1) is 9.47. The molecule has 20 heavy (non-hydrogen) atoms. The summed E-state index contributed by atoms with van der Waals surface area (Å²) in [6.07, 6.45) is 4.74. The van der Waals surface area contributed by atoms with E-state index in [9.17, 15) is 0 Å². The molecular weight excluding hydrogens is 426 g/mol. The van der Waals surface area contributed by atoms with Crippen molar-refractivity contribution >= 4 is 64.2 Å². The molecule has 1 rings (SSSR count). The van der Waals surface area contributed by atoms with Crippen molar-refractivity contribution in [2.24, 2.45) is 5.22 Å². The van der Waals surface area contributed by atoms with Crippen LogP contribution in [-0.2, 0) is 37.9 Å². The van der Waals surface area contributed by atoms with Crippen molar-refractivity contribution in [2.75, 3.05) is 5.32 Å². The number of nitrogens with zero attached hydrogens (tertiary/aromatic N) is 5. The van der Waals surface area contributed by atoms with E-state index in [1.165, 1.54) is 0 Å². The molecule has 14 heteroatoms. The van der Waals surface area contributed by atoms with Crippen molar-refractivity contribution in [3.8, 4) is 0 Å². The Morgan fingerprint density at radius 2 is 2.10 bits per heavy atom. The first kappa shape index (κ1) is 21.3. The Bertz CT molecular complexity index is 503. The molecule has 0 atom stereocenters. The van der Waals surface area contributed by atoms with E-state index < -0.39 is 18.5 Å². The van der Waals surface area contributed by atoms with E-state index in [4.69, 9.17) is 12.3 Å². The summed E-state index contributed by atoms with van der Waals surface area (Å²) in [5.74, 6) is 0.613. The molecule has 2 N–H and O–H groups in total. The Kier molecular flexibility index (Phi) is 17.2. The Hall–Kier alpha value is -0.972. The topological polar surface area (TPSA) is 133 Å². The van der Waals surface area contributed by atoms with Crippen LogP contribution in [0.1, 0.15) is 0 Å². The van der Waals surface area contributed by atoms with Gasteiger partial charge in [-0.3, -0.25) is 4.98 Å². The SMILES string of the molecule is S=C(S)Nc1cnccn1.[N-]=[N+]=NNC(=S)[S-].[O]=[Mo]=[O]. The number of hydrogen-bond donors (Lipinski definition) is 3. The van der Waals surface area contributed by atoms with Crippen molar-refractivity contribution < 1.29 is 25.3 Å². The predicted molar refractivity (Wildman–Crippen MR) is 80.9 cm³/mol. The second-order valence-electron chi connectivity index (χ2n) is 2.18. The summed E-state index contributed by atoms with van der Waals surface area (Å²) < 4.78 is 17.5. The maximum atomic E-state index is 8.50. The first-order valence-corrected chi connectivity index (χ1v) is 7.47. The summed E-state index contributed by atoms with van der Waals surface area (Å²) in [4.78, 5) is 10.1. The number of azide groups is 1. The number of thiocarbonyl (C=S) groups is 2. The molecule has 1 aromatic rings. The molecule has 1 heterocycles. The molecule has 0 fully saturated rings. The molecule has 9 nitrogen and oxygen atoms in total. The Morgan fingerprint density at radius 1 is 1.50 bits per heavy atom. The average molecular weight is 432 g/mol. The second kappa shape index (κ2) is 16.1. The summed E-state index contributed by atoms with van der Waals surface area (Å²) in [7, 11) is 0. The molecule has 0 amide bonds. The summed E-state index contributed by atoms with van der Waals surface area (Å²) in [5, 5.41) is 5.58. The van der Waals surface area contributed by atoms with E-state index in [1.54, 1.807) is 18.6 Å². The minimum atomic E-state index is -2.03. The van der Waals surface area contributed by atoms with Crippen LogP contribution in [0.3, 0.4) is 0 Å². The van der Waals surface area contributed by atoms with Crippen molar-refractivity contribution in [1.82, 2.24) is 15.4 Å². The average Bonchev–Trinajstić information content (AvgIpc) is 2.38. The number of thiol groups is 1. The number of nitrogens with one attached hydrogen (secondary N) is 2. The van der Waals surface area contributed by atoms with Gasteiger partial charge < -0.3 is 30.2 Å². The van der Waals surface area contributed by atoms with Crippen LogP contribution >= 0.6 is 37.1 Å². The van der Waals surface area contributed by atoms with Crippen molar-refractivity contribution in [3.63, 3.8) is 0 Å². The van der Waals surface area contributed by atoms with Crippen molar-refractivity contribution in [3.05, 3.63) is 29.0 Å². The quantitative estimate of drug-likeness (QED) is 0.0929. The molecule has 0 saturated heterocycles. The molecule has 0 aliphatic carbocycles. The van der Waals surface area contributed by atoms with E-state index in [0.29, 0.717) is 10.1 Å². The Balaban J connectivity index is 0. The van der Waals surface area contributed by atoms with Crippen LogP contribution in [-0.4, -0.2) is 18.6 Å². The van der Waals surface area contributed by atoms with Gasteiger partial charge in [0.1, 0.15) is 10.1 Å². The number of aromatic nitrogens is 2. The third kappa shape index (κ3) is 19.4. The molecule has 0 unspecified atom stereocenters. The van der Waals surface area contributed by atoms with Gasteiger partial charge in [0.05, 0.1) is 6.20 Å². The van der Waals surface area contributed by atoms with Gasteiger partial charge in [0.2, 0.25) is 0 Å².